The molecule has 26 heteroatoms. The highest BCUT2D eigenvalue weighted by molar-refractivity contribution is 9.10. The summed E-state index contributed by atoms with van der Waals surface area (Å²) in [4.78, 5) is 75.2. The van der Waals surface area contributed by atoms with Crippen molar-refractivity contribution in [3.8, 4) is 34.1 Å². The molecular weight excluding hydrogens is 1200 g/mol. The number of carbonyl (C=O) groups is 5. The third-order valence-electron chi connectivity index (χ3n) is 16.5. The minimum atomic E-state index is -1.08. The Balaban J connectivity index is 0.725. The molecule has 0 radical (unpaired) electrons. The van der Waals surface area contributed by atoms with Gasteiger partial charge in [0, 0.05) is 116 Å². The van der Waals surface area contributed by atoms with Crippen LogP contribution >= 0.6 is 15.9 Å². The Morgan fingerprint density at radius 2 is 1.28 bits per heavy atom. The van der Waals surface area contributed by atoms with Crippen LogP contribution in [0, 0.1) is 6.92 Å². The SMILES string of the molecule is Cc1c(COc2cc(OCCOCCOCCOCCN3CCN(C(=O)CCC(C(=O)O)N4CCN(CC(=O)O)CCN(CC(=O)O)CCN(CC5OC5O)CC4)CC3)c(CN3CCCC[C@H]3C(=O)O)cc2Br)cccc1-c1ccc2c(c1)OCCO2. The number of aliphatic carboxylic acids is 4. The maximum atomic E-state index is 13.5. The maximum Gasteiger partial charge on any atom is 0.320 e. The van der Waals surface area contributed by atoms with Crippen molar-refractivity contribution >= 4 is 45.7 Å². The van der Waals surface area contributed by atoms with Gasteiger partial charge in [-0.1, -0.05) is 30.7 Å². The highest BCUT2D eigenvalue weighted by Gasteiger charge is 2.39. The van der Waals surface area contributed by atoms with Crippen LogP contribution in [0.2, 0.25) is 0 Å². The van der Waals surface area contributed by atoms with Gasteiger partial charge in [-0.2, -0.15) is 0 Å². The predicted molar refractivity (Wildman–Crippen MR) is 320 cm³/mol. The van der Waals surface area contributed by atoms with Gasteiger partial charge in [0.2, 0.25) is 5.91 Å². The normalized spacial score (nSPS) is 20.9. The standard InChI is InChI=1S/C61H86BrN7O18/c1-43-45(5-4-6-47(43)44-8-10-51-54(36-44)85-34-33-83-51)42-86-53-37-52(46(35-48(53)62)38-69-12-3-2-7-49(69)59(75)76)84-32-31-82-30-29-81-28-27-80-26-25-63-17-23-68(24-18-63)56(70)11-9-50(60(77)78)67-21-19-64(39-55-61(79)87-55)13-14-65(40-57(71)72)15-16-66(20-22-67)41-58(73)74/h4-6,8,10,35-37,49-50,55,61,79H,2-3,7,9,11-34,38-42H2,1H3,(H,71,72)(H,73,74)(H,75,76)(H,77,78)/t49-,50?,55?,61?/m0/s1. The molecule has 0 spiro atoms. The summed E-state index contributed by atoms with van der Waals surface area (Å²) >= 11 is 3.73. The van der Waals surface area contributed by atoms with E-state index in [1.54, 1.807) is 19.6 Å². The number of amides is 1. The number of hydrogen-bond donors (Lipinski definition) is 5. The molecule has 0 saturated carbocycles. The van der Waals surface area contributed by atoms with Crippen LogP contribution < -0.4 is 18.9 Å². The number of piperidine rings is 1. The quantitative estimate of drug-likeness (QED) is 0.0457. The summed E-state index contributed by atoms with van der Waals surface area (Å²) < 4.78 is 47.9. The molecule has 5 heterocycles. The predicted octanol–water partition coefficient (Wildman–Crippen LogP) is 3.13. The summed E-state index contributed by atoms with van der Waals surface area (Å²) in [5.74, 6) is -1.47. The molecule has 4 saturated heterocycles. The summed E-state index contributed by atoms with van der Waals surface area (Å²) in [6, 6.07) is 14.3. The number of halogens is 1. The van der Waals surface area contributed by atoms with E-state index in [2.05, 4.69) is 33.8 Å². The molecule has 5 N–H and O–H groups in total. The Morgan fingerprint density at radius 3 is 1.93 bits per heavy atom. The van der Waals surface area contributed by atoms with Crippen LogP contribution in [0.1, 0.15) is 48.8 Å². The molecule has 3 aromatic carbocycles. The molecular formula is C61H86BrN7O18. The van der Waals surface area contributed by atoms with E-state index in [1.807, 2.05) is 52.3 Å². The van der Waals surface area contributed by atoms with Gasteiger partial charge in [-0.05, 0) is 89.1 Å². The molecule has 0 aromatic heterocycles. The van der Waals surface area contributed by atoms with Crippen molar-refractivity contribution in [1.82, 2.24) is 34.3 Å². The minimum absolute atomic E-state index is 0.0217. The number of fused-ring (bicyclic) bond motifs is 1. The van der Waals surface area contributed by atoms with Crippen LogP contribution in [-0.2, 0) is 56.1 Å². The molecule has 25 nitrogen and oxygen atoms in total. The van der Waals surface area contributed by atoms with Crippen LogP contribution in [0.5, 0.6) is 23.0 Å². The van der Waals surface area contributed by atoms with Gasteiger partial charge in [-0.15, -0.1) is 0 Å². The highest BCUT2D eigenvalue weighted by atomic mass is 79.9. The third-order valence-corrected chi connectivity index (χ3v) is 17.1. The number of aliphatic hydroxyl groups is 1. The number of carboxylic acid groups (broad SMARTS) is 4. The Bertz CT molecular complexity index is 2740. The van der Waals surface area contributed by atoms with Crippen molar-refractivity contribution in [1.29, 1.82) is 0 Å². The number of carbonyl (C=O) groups excluding carboxylic acids is 1. The number of benzene rings is 3. The van der Waals surface area contributed by atoms with E-state index in [0.29, 0.717) is 156 Å². The Hall–Kier alpha value is -5.75. The van der Waals surface area contributed by atoms with E-state index in [-0.39, 0.29) is 64.6 Å². The molecule has 0 bridgehead atoms. The average Bonchev–Trinajstić information content (AvgIpc) is 2.77. The number of ether oxygens (including phenoxy) is 8. The van der Waals surface area contributed by atoms with E-state index in [4.69, 9.17) is 37.9 Å². The summed E-state index contributed by atoms with van der Waals surface area (Å²) in [6.07, 6.45) is 1.17. The Labute approximate surface area is 516 Å². The number of likely N-dealkylation sites (tertiary alicyclic amines) is 1. The van der Waals surface area contributed by atoms with Gasteiger partial charge in [0.05, 0.1) is 57.2 Å². The van der Waals surface area contributed by atoms with Crippen molar-refractivity contribution in [2.75, 3.05) is 171 Å². The van der Waals surface area contributed by atoms with Crippen molar-refractivity contribution in [3.63, 3.8) is 0 Å². The second kappa shape index (κ2) is 34.3. The summed E-state index contributed by atoms with van der Waals surface area (Å²) in [7, 11) is 0. The lowest BCUT2D eigenvalue weighted by Gasteiger charge is -2.36. The van der Waals surface area contributed by atoms with Crippen molar-refractivity contribution in [2.24, 2.45) is 0 Å². The van der Waals surface area contributed by atoms with Crippen LogP contribution in [0.3, 0.4) is 0 Å². The first-order valence-electron chi connectivity index (χ1n) is 30.3. The summed E-state index contributed by atoms with van der Waals surface area (Å²) in [6.45, 7) is 12.2. The maximum absolute atomic E-state index is 13.5. The molecule has 8 rings (SSSR count). The molecule has 87 heavy (non-hydrogen) atoms. The molecule has 3 aromatic rings. The van der Waals surface area contributed by atoms with E-state index in [0.717, 1.165) is 56.6 Å². The van der Waals surface area contributed by atoms with Gasteiger partial charge in [-0.3, -0.25) is 53.4 Å². The molecule has 5 aliphatic rings. The average molecular weight is 1290 g/mol. The second-order valence-electron chi connectivity index (χ2n) is 22.5. The monoisotopic (exact) mass is 1280 g/mol. The molecule has 0 aliphatic carbocycles. The molecule has 4 fully saturated rings. The smallest absolute Gasteiger partial charge is 0.320 e. The Morgan fingerprint density at radius 1 is 0.655 bits per heavy atom. The summed E-state index contributed by atoms with van der Waals surface area (Å²) in [5.41, 5.74) is 5.00. The number of epoxide rings is 1. The van der Waals surface area contributed by atoms with Gasteiger partial charge in [0.25, 0.3) is 0 Å². The topological polar surface area (TPSA) is 286 Å². The first-order chi connectivity index (χ1) is 42.1. The second-order valence-corrected chi connectivity index (χ2v) is 23.3. The highest BCUT2D eigenvalue weighted by Crippen LogP contribution is 2.38. The minimum Gasteiger partial charge on any atom is -0.491 e. The van der Waals surface area contributed by atoms with Crippen LogP contribution in [0.25, 0.3) is 11.1 Å². The van der Waals surface area contributed by atoms with E-state index < -0.39 is 48.4 Å². The number of hydrogen-bond acceptors (Lipinski definition) is 20. The Kier molecular flexibility index (Phi) is 26.5. The molecule has 5 aliphatic heterocycles. The van der Waals surface area contributed by atoms with E-state index in [1.165, 1.54) is 0 Å². The van der Waals surface area contributed by atoms with Crippen molar-refractivity contribution < 1.29 is 87.4 Å². The molecule has 1 amide bonds. The first kappa shape index (κ1) is 67.2. The van der Waals surface area contributed by atoms with Crippen molar-refractivity contribution in [2.45, 2.75) is 76.7 Å². The molecule has 3 unspecified atom stereocenters. The van der Waals surface area contributed by atoms with Crippen LogP contribution in [0.15, 0.2) is 53.0 Å². The lowest BCUT2D eigenvalue weighted by Crippen LogP contribution is -2.52. The van der Waals surface area contributed by atoms with Crippen molar-refractivity contribution in [3.05, 3.63) is 69.7 Å². The van der Waals surface area contributed by atoms with Crippen LogP contribution in [0.4, 0.5) is 0 Å². The number of rotatable bonds is 31. The summed E-state index contributed by atoms with van der Waals surface area (Å²) in [5, 5.41) is 49.6. The fourth-order valence-corrected chi connectivity index (χ4v) is 12.0. The van der Waals surface area contributed by atoms with Gasteiger partial charge in [0.1, 0.15) is 56.1 Å². The zero-order valence-corrected chi connectivity index (χ0v) is 51.4. The van der Waals surface area contributed by atoms with Gasteiger partial charge in [-0.25, -0.2) is 0 Å². The van der Waals surface area contributed by atoms with E-state index >= 15 is 0 Å². The van der Waals surface area contributed by atoms with Gasteiger partial charge < -0.3 is 68.3 Å². The lowest BCUT2D eigenvalue weighted by molar-refractivity contribution is -0.146. The fourth-order valence-electron chi connectivity index (χ4n) is 11.5. The lowest BCUT2D eigenvalue weighted by atomic mass is 9.96. The molecule has 4 atom stereocenters. The molecule has 480 valence electrons. The van der Waals surface area contributed by atoms with E-state index in [9.17, 15) is 49.5 Å². The first-order valence-corrected chi connectivity index (χ1v) is 31.1. The zero-order valence-electron chi connectivity index (χ0n) is 49.8. The number of nitrogens with zero attached hydrogens (tertiary/aromatic N) is 7. The van der Waals surface area contributed by atoms with Gasteiger partial charge in [0.15, 0.2) is 17.8 Å². The largest absolute Gasteiger partial charge is 0.491 e. The number of piperazine rings is 1. The van der Waals surface area contributed by atoms with Crippen LogP contribution in [-0.4, -0.2) is 285 Å². The fraction of sp³-hybridized carbons (Fsp3) is 0.623. The van der Waals surface area contributed by atoms with Gasteiger partial charge >= 0.3 is 23.9 Å². The number of carboxylic acids is 4. The third kappa shape index (κ3) is 21.2. The number of aliphatic hydroxyl groups excluding tert-OH is 1. The zero-order chi connectivity index (χ0) is 61.7.